The molecule has 0 saturated carbocycles. The van der Waals surface area contributed by atoms with E-state index in [0.717, 1.165) is 27.6 Å². The monoisotopic (exact) mass is 600 g/mol. The molecule has 2 atom stereocenters. The molecule has 0 bridgehead atoms. The first kappa shape index (κ1) is 30.1. The number of nitrogens with zero attached hydrogens (tertiary/aromatic N) is 2. The predicted molar refractivity (Wildman–Crippen MR) is 167 cm³/mol. The van der Waals surface area contributed by atoms with E-state index in [1.807, 2.05) is 55.6 Å². The highest BCUT2D eigenvalue weighted by atomic mass is 32.1. The Bertz CT molecular complexity index is 1590. The Hall–Kier alpha value is -4.41. The fourth-order valence-corrected chi connectivity index (χ4v) is 5.85. The highest BCUT2D eigenvalue weighted by molar-refractivity contribution is 7.09. The van der Waals surface area contributed by atoms with Crippen LogP contribution in [0.1, 0.15) is 61.9 Å². The van der Waals surface area contributed by atoms with E-state index < -0.39 is 0 Å². The molecule has 2 amide bonds. The van der Waals surface area contributed by atoms with Crippen LogP contribution in [0.15, 0.2) is 72.1 Å². The van der Waals surface area contributed by atoms with Gasteiger partial charge in [-0.3, -0.25) is 9.59 Å². The summed E-state index contributed by atoms with van der Waals surface area (Å²) in [7, 11) is 1.63. The number of hydrogen-bond acceptors (Lipinski definition) is 8. The number of phenols is 1. The summed E-state index contributed by atoms with van der Waals surface area (Å²) in [6.45, 7) is 5.01. The average molecular weight is 601 g/mol. The molecule has 9 nitrogen and oxygen atoms in total. The number of amides is 2. The van der Waals surface area contributed by atoms with Crippen molar-refractivity contribution in [1.29, 1.82) is 0 Å². The van der Waals surface area contributed by atoms with Crippen LogP contribution in [0.5, 0.6) is 11.5 Å². The molecule has 2 heterocycles. The van der Waals surface area contributed by atoms with Crippen molar-refractivity contribution in [1.82, 2.24) is 15.2 Å². The first-order valence-electron chi connectivity index (χ1n) is 14.2. The fourth-order valence-electron chi connectivity index (χ4n) is 4.96. The molecule has 1 saturated heterocycles. The van der Waals surface area contributed by atoms with Crippen LogP contribution in [0, 0.1) is 6.92 Å². The summed E-state index contributed by atoms with van der Waals surface area (Å²) in [5, 5.41) is 19.7. The van der Waals surface area contributed by atoms with Crippen LogP contribution in [-0.2, 0) is 17.7 Å². The molecule has 0 aliphatic carbocycles. The lowest BCUT2D eigenvalue weighted by Crippen LogP contribution is -2.34. The second-order valence-electron chi connectivity index (χ2n) is 10.7. The molecule has 0 spiro atoms. The minimum absolute atomic E-state index is 0.121. The molecule has 3 aromatic carbocycles. The zero-order valence-corrected chi connectivity index (χ0v) is 25.3. The van der Waals surface area contributed by atoms with Crippen LogP contribution >= 0.6 is 11.3 Å². The molecular formula is C33H36N4O5S. The maximum Gasteiger partial charge on any atom is 0.256 e. The summed E-state index contributed by atoms with van der Waals surface area (Å²) in [4.78, 5) is 32.6. The average Bonchev–Trinajstić information content (AvgIpc) is 3.68. The van der Waals surface area contributed by atoms with Crippen LogP contribution in [0.3, 0.4) is 0 Å². The van der Waals surface area contributed by atoms with Crippen molar-refractivity contribution in [3.8, 4) is 11.5 Å². The van der Waals surface area contributed by atoms with Gasteiger partial charge in [0.2, 0.25) is 0 Å². The number of aromatic hydroxyl groups is 1. The molecule has 1 aliphatic heterocycles. The molecule has 43 heavy (non-hydrogen) atoms. The molecular weight excluding hydrogens is 564 g/mol. The lowest BCUT2D eigenvalue weighted by atomic mass is 10.0. The maximum absolute atomic E-state index is 13.3. The van der Waals surface area contributed by atoms with Gasteiger partial charge in [-0.15, -0.1) is 11.3 Å². The fraction of sp³-hybridized carbons (Fsp3) is 0.303. The first-order chi connectivity index (χ1) is 20.8. The van der Waals surface area contributed by atoms with Gasteiger partial charge in [0.1, 0.15) is 29.3 Å². The summed E-state index contributed by atoms with van der Waals surface area (Å²) in [5.74, 6) is 0.523. The van der Waals surface area contributed by atoms with E-state index in [9.17, 15) is 14.7 Å². The molecule has 0 radical (unpaired) electrons. The number of nitrogens with one attached hydrogen (secondary N) is 2. The molecule has 224 valence electrons. The topological polar surface area (TPSA) is 113 Å². The van der Waals surface area contributed by atoms with E-state index in [1.165, 1.54) is 11.3 Å². The smallest absolute Gasteiger partial charge is 0.256 e. The molecule has 3 N–H and O–H groups in total. The van der Waals surface area contributed by atoms with Crippen LogP contribution in [0.2, 0.25) is 0 Å². The van der Waals surface area contributed by atoms with Crippen molar-refractivity contribution in [2.24, 2.45) is 0 Å². The van der Waals surface area contributed by atoms with Crippen molar-refractivity contribution >= 4 is 28.8 Å². The Labute approximate surface area is 255 Å². The van der Waals surface area contributed by atoms with Gasteiger partial charge in [-0.1, -0.05) is 24.3 Å². The summed E-state index contributed by atoms with van der Waals surface area (Å²) >= 11 is 1.51. The van der Waals surface area contributed by atoms with Crippen molar-refractivity contribution in [3.63, 3.8) is 0 Å². The Kier molecular flexibility index (Phi) is 9.58. The third kappa shape index (κ3) is 7.52. The highest BCUT2D eigenvalue weighted by Gasteiger charge is 2.33. The van der Waals surface area contributed by atoms with Gasteiger partial charge in [-0.2, -0.15) is 0 Å². The van der Waals surface area contributed by atoms with Gasteiger partial charge in [0, 0.05) is 34.8 Å². The SMILES string of the molecule is COc1cccc(CNc2ccc(CC[C@H](C)NC(=O)c3cccc(C(=O)N4COC[C@@H]4c4nc(C)cs4)c3)cc2O)c1. The number of ether oxygens (including phenoxy) is 2. The van der Waals surface area contributed by atoms with E-state index in [2.05, 4.69) is 15.6 Å². The van der Waals surface area contributed by atoms with Crippen molar-refractivity contribution < 1.29 is 24.2 Å². The number of aromatic nitrogens is 1. The maximum atomic E-state index is 13.3. The molecule has 0 unspecified atom stereocenters. The number of carbonyl (C=O) groups excluding carboxylic acids is 2. The number of rotatable bonds is 11. The second-order valence-corrected chi connectivity index (χ2v) is 11.6. The van der Waals surface area contributed by atoms with Crippen LogP contribution in [0.4, 0.5) is 5.69 Å². The Morgan fingerprint density at radius 3 is 2.70 bits per heavy atom. The van der Waals surface area contributed by atoms with E-state index >= 15 is 0 Å². The van der Waals surface area contributed by atoms with Gasteiger partial charge in [0.05, 0.1) is 19.4 Å². The van der Waals surface area contributed by atoms with E-state index in [1.54, 1.807) is 42.3 Å². The van der Waals surface area contributed by atoms with Crippen molar-refractivity contribution in [2.45, 2.75) is 45.3 Å². The molecule has 4 aromatic rings. The van der Waals surface area contributed by atoms with Crippen molar-refractivity contribution in [2.75, 3.05) is 25.8 Å². The van der Waals surface area contributed by atoms with Gasteiger partial charge in [-0.25, -0.2) is 4.98 Å². The van der Waals surface area contributed by atoms with E-state index in [-0.39, 0.29) is 36.4 Å². The summed E-state index contributed by atoms with van der Waals surface area (Å²) < 4.78 is 10.9. The van der Waals surface area contributed by atoms with Gasteiger partial charge in [0.15, 0.2) is 0 Å². The first-order valence-corrected chi connectivity index (χ1v) is 15.1. The number of aryl methyl sites for hydroxylation is 2. The van der Waals surface area contributed by atoms with E-state index in [4.69, 9.17) is 9.47 Å². The minimum Gasteiger partial charge on any atom is -0.506 e. The zero-order chi connectivity index (χ0) is 30.3. The third-order valence-corrected chi connectivity index (χ3v) is 8.42. The number of methoxy groups -OCH3 is 1. The van der Waals surface area contributed by atoms with Gasteiger partial charge in [0.25, 0.3) is 11.8 Å². The minimum atomic E-state index is -0.244. The van der Waals surface area contributed by atoms with Crippen LogP contribution in [0.25, 0.3) is 0 Å². The number of phenolic OH excluding ortho intramolecular Hbond substituents is 1. The number of thiazole rings is 1. The standard InChI is InChI=1S/C33H36N4O5S/c1-21(10-11-23-12-13-28(30(38)15-23)34-17-24-6-4-9-27(14-24)41-3)35-31(39)25-7-5-8-26(16-25)33(40)37-20-42-18-29(37)32-36-22(2)19-43-32/h4-9,12-16,19,21,29,34,38H,10-11,17-18,20H2,1-3H3,(H,35,39)/t21-,29+/m0/s1. The molecule has 10 heteroatoms. The highest BCUT2D eigenvalue weighted by Crippen LogP contribution is 2.30. The summed E-state index contributed by atoms with van der Waals surface area (Å²) in [5.41, 5.74) is 4.43. The number of carbonyl (C=O) groups is 2. The quantitative estimate of drug-likeness (QED) is 0.189. The lowest BCUT2D eigenvalue weighted by Gasteiger charge is -2.21. The second kappa shape index (κ2) is 13.7. The lowest BCUT2D eigenvalue weighted by molar-refractivity contribution is 0.0659. The molecule has 1 fully saturated rings. The van der Waals surface area contributed by atoms with E-state index in [0.29, 0.717) is 42.8 Å². The third-order valence-electron chi connectivity index (χ3n) is 7.36. The number of hydrogen-bond donors (Lipinski definition) is 3. The Morgan fingerprint density at radius 2 is 1.93 bits per heavy atom. The molecule has 1 aromatic heterocycles. The zero-order valence-electron chi connectivity index (χ0n) is 24.5. The summed E-state index contributed by atoms with van der Waals surface area (Å²) in [6, 6.07) is 19.8. The predicted octanol–water partition coefficient (Wildman–Crippen LogP) is 5.70. The van der Waals surface area contributed by atoms with Crippen molar-refractivity contribution in [3.05, 3.63) is 105 Å². The number of benzene rings is 3. The van der Waals surface area contributed by atoms with Gasteiger partial charge >= 0.3 is 0 Å². The van der Waals surface area contributed by atoms with Crippen LogP contribution in [-0.4, -0.2) is 53.3 Å². The molecule has 5 rings (SSSR count). The normalized spacial score (nSPS) is 15.2. The Balaban J connectivity index is 1.13. The number of anilines is 1. The van der Waals surface area contributed by atoms with Crippen LogP contribution < -0.4 is 15.4 Å². The largest absolute Gasteiger partial charge is 0.506 e. The summed E-state index contributed by atoms with van der Waals surface area (Å²) in [6.07, 6.45) is 1.36. The Morgan fingerprint density at radius 1 is 1.12 bits per heavy atom. The van der Waals surface area contributed by atoms with Gasteiger partial charge in [-0.05, 0) is 80.3 Å². The molecule has 1 aliphatic rings. The van der Waals surface area contributed by atoms with Gasteiger partial charge < -0.3 is 30.1 Å².